The van der Waals surface area contributed by atoms with E-state index in [4.69, 9.17) is 9.47 Å². The zero-order valence-electron chi connectivity index (χ0n) is 16.9. The average Bonchev–Trinajstić information content (AvgIpc) is 2.62. The summed E-state index contributed by atoms with van der Waals surface area (Å²) in [4.78, 5) is 16.2. The van der Waals surface area contributed by atoms with Gasteiger partial charge in [-0.3, -0.25) is 0 Å². The van der Waals surface area contributed by atoms with E-state index in [0.29, 0.717) is 24.6 Å². The van der Waals surface area contributed by atoms with Crippen molar-refractivity contribution in [1.29, 1.82) is 0 Å². The van der Waals surface area contributed by atoms with E-state index in [0.717, 1.165) is 44.2 Å². The molecule has 1 rings (SSSR count). The van der Waals surface area contributed by atoms with E-state index in [2.05, 4.69) is 29.5 Å². The first-order valence-electron chi connectivity index (χ1n) is 9.42. The fourth-order valence-corrected chi connectivity index (χ4v) is 2.17. The molecule has 7 heteroatoms. The Morgan fingerprint density at radius 2 is 1.85 bits per heavy atom. The number of guanidine groups is 1. The van der Waals surface area contributed by atoms with Gasteiger partial charge in [-0.1, -0.05) is 26.0 Å². The van der Waals surface area contributed by atoms with E-state index in [1.807, 2.05) is 19.1 Å². The molecule has 6 nitrogen and oxygen atoms in total. The van der Waals surface area contributed by atoms with Gasteiger partial charge in [-0.25, -0.2) is 9.79 Å². The molecule has 27 heavy (non-hydrogen) atoms. The molecule has 0 spiro atoms. The van der Waals surface area contributed by atoms with Crippen LogP contribution in [0.2, 0.25) is 0 Å². The highest BCUT2D eigenvalue weighted by atomic mass is 127. The minimum atomic E-state index is -0.294. The van der Waals surface area contributed by atoms with Crippen molar-refractivity contribution in [3.8, 4) is 0 Å². The molecule has 0 aliphatic rings. The summed E-state index contributed by atoms with van der Waals surface area (Å²) in [6.07, 6.45) is 0.936. The molecule has 0 aromatic heterocycles. The van der Waals surface area contributed by atoms with Crippen LogP contribution in [-0.2, 0) is 16.0 Å². The second-order valence-electron chi connectivity index (χ2n) is 6.36. The standard InChI is InChI=1S/C20H33N3O3.HI/c1-5-21-20(22-12-7-13-25-15-16(3)4)23-14-17-8-10-18(11-9-17)19(24)26-6-2;/h8-11,16H,5-7,12-15H2,1-4H3,(H2,21,22,23);1H. The second-order valence-corrected chi connectivity index (χ2v) is 6.36. The van der Waals surface area contributed by atoms with Gasteiger partial charge in [-0.05, 0) is 43.9 Å². The molecule has 1 aromatic carbocycles. The minimum Gasteiger partial charge on any atom is -0.462 e. The van der Waals surface area contributed by atoms with Gasteiger partial charge in [-0.2, -0.15) is 0 Å². The number of nitrogens with zero attached hydrogens (tertiary/aromatic N) is 1. The van der Waals surface area contributed by atoms with Crippen molar-refractivity contribution in [2.24, 2.45) is 10.9 Å². The topological polar surface area (TPSA) is 72.0 Å². The van der Waals surface area contributed by atoms with Gasteiger partial charge in [0.2, 0.25) is 0 Å². The number of halogens is 1. The van der Waals surface area contributed by atoms with Gasteiger partial charge in [0.15, 0.2) is 5.96 Å². The van der Waals surface area contributed by atoms with E-state index in [-0.39, 0.29) is 29.9 Å². The third-order valence-electron chi connectivity index (χ3n) is 3.44. The highest BCUT2D eigenvalue weighted by Gasteiger charge is 2.05. The van der Waals surface area contributed by atoms with Gasteiger partial charge in [0, 0.05) is 26.3 Å². The van der Waals surface area contributed by atoms with Crippen molar-refractivity contribution in [2.45, 2.75) is 40.7 Å². The van der Waals surface area contributed by atoms with Crippen LogP contribution in [0.4, 0.5) is 0 Å². The van der Waals surface area contributed by atoms with Gasteiger partial charge >= 0.3 is 5.97 Å². The lowest BCUT2D eigenvalue weighted by Crippen LogP contribution is -2.38. The van der Waals surface area contributed by atoms with E-state index >= 15 is 0 Å². The van der Waals surface area contributed by atoms with Crippen molar-refractivity contribution in [3.63, 3.8) is 0 Å². The lowest BCUT2D eigenvalue weighted by atomic mass is 10.1. The third kappa shape index (κ3) is 11.9. The van der Waals surface area contributed by atoms with E-state index in [9.17, 15) is 4.79 Å². The highest BCUT2D eigenvalue weighted by Crippen LogP contribution is 2.07. The van der Waals surface area contributed by atoms with Crippen LogP contribution >= 0.6 is 24.0 Å². The first kappa shape index (κ1) is 25.6. The van der Waals surface area contributed by atoms with Crippen LogP contribution in [0.15, 0.2) is 29.3 Å². The minimum absolute atomic E-state index is 0. The van der Waals surface area contributed by atoms with Crippen molar-refractivity contribution >= 4 is 35.9 Å². The summed E-state index contributed by atoms with van der Waals surface area (Å²) in [6, 6.07) is 7.35. The van der Waals surface area contributed by atoms with Gasteiger partial charge in [0.25, 0.3) is 0 Å². The Morgan fingerprint density at radius 3 is 2.44 bits per heavy atom. The Kier molecular flexibility index (Phi) is 14.9. The Balaban J connectivity index is 0.00000676. The van der Waals surface area contributed by atoms with Gasteiger partial charge in [0.05, 0.1) is 18.7 Å². The van der Waals surface area contributed by atoms with Crippen LogP contribution in [0.1, 0.15) is 50.0 Å². The fraction of sp³-hybridized carbons (Fsp3) is 0.600. The Bertz CT molecular complexity index is 548. The largest absolute Gasteiger partial charge is 0.462 e. The smallest absolute Gasteiger partial charge is 0.338 e. The maximum Gasteiger partial charge on any atom is 0.338 e. The lowest BCUT2D eigenvalue weighted by Gasteiger charge is -2.12. The molecule has 0 aliphatic heterocycles. The summed E-state index contributed by atoms with van der Waals surface area (Å²) in [5.74, 6) is 1.06. The van der Waals surface area contributed by atoms with Gasteiger partial charge < -0.3 is 20.1 Å². The molecular formula is C20H34IN3O3. The molecular weight excluding hydrogens is 457 g/mol. The van der Waals surface area contributed by atoms with Crippen LogP contribution in [0, 0.1) is 5.92 Å². The summed E-state index contributed by atoms with van der Waals surface area (Å²) >= 11 is 0. The molecule has 0 fully saturated rings. The lowest BCUT2D eigenvalue weighted by molar-refractivity contribution is 0.0526. The molecule has 0 saturated heterocycles. The van der Waals surface area contributed by atoms with Crippen LogP contribution in [0.3, 0.4) is 0 Å². The Hall–Kier alpha value is -1.35. The number of ether oxygens (including phenoxy) is 2. The highest BCUT2D eigenvalue weighted by molar-refractivity contribution is 14.0. The molecule has 154 valence electrons. The molecule has 0 atom stereocenters. The number of rotatable bonds is 11. The summed E-state index contributed by atoms with van der Waals surface area (Å²) in [6.45, 7) is 12.2. The zero-order valence-corrected chi connectivity index (χ0v) is 19.2. The van der Waals surface area contributed by atoms with Crippen LogP contribution in [0.5, 0.6) is 0 Å². The second kappa shape index (κ2) is 15.7. The quantitative estimate of drug-likeness (QED) is 0.163. The predicted octanol–water partition coefficient (Wildman–Crippen LogP) is 3.60. The van der Waals surface area contributed by atoms with E-state index in [1.54, 1.807) is 19.1 Å². The Labute approximate surface area is 180 Å². The normalized spacial score (nSPS) is 11.1. The van der Waals surface area contributed by atoms with Crippen LogP contribution < -0.4 is 10.6 Å². The van der Waals surface area contributed by atoms with E-state index < -0.39 is 0 Å². The maximum absolute atomic E-state index is 11.7. The molecule has 0 heterocycles. The zero-order chi connectivity index (χ0) is 19.2. The van der Waals surface area contributed by atoms with Crippen molar-refractivity contribution in [1.82, 2.24) is 10.6 Å². The summed E-state index contributed by atoms with van der Waals surface area (Å²) in [5, 5.41) is 6.54. The monoisotopic (exact) mass is 491 g/mol. The summed E-state index contributed by atoms with van der Waals surface area (Å²) in [5.41, 5.74) is 1.60. The number of nitrogens with one attached hydrogen (secondary N) is 2. The van der Waals surface area contributed by atoms with Gasteiger partial charge in [-0.15, -0.1) is 24.0 Å². The predicted molar refractivity (Wildman–Crippen MR) is 121 cm³/mol. The molecule has 0 radical (unpaired) electrons. The maximum atomic E-state index is 11.7. The number of carbonyl (C=O) groups excluding carboxylic acids is 1. The van der Waals surface area contributed by atoms with Gasteiger partial charge in [0.1, 0.15) is 0 Å². The van der Waals surface area contributed by atoms with E-state index in [1.165, 1.54) is 0 Å². The fourth-order valence-electron chi connectivity index (χ4n) is 2.17. The van der Waals surface area contributed by atoms with Crippen LogP contribution in [-0.4, -0.2) is 44.8 Å². The van der Waals surface area contributed by atoms with Crippen molar-refractivity contribution < 1.29 is 14.3 Å². The SMILES string of the molecule is CCNC(=NCc1ccc(C(=O)OCC)cc1)NCCCOCC(C)C.I. The average molecular weight is 491 g/mol. The first-order valence-corrected chi connectivity index (χ1v) is 9.42. The summed E-state index contributed by atoms with van der Waals surface area (Å²) < 4.78 is 10.6. The summed E-state index contributed by atoms with van der Waals surface area (Å²) in [7, 11) is 0. The molecule has 2 N–H and O–H groups in total. The molecule has 0 amide bonds. The van der Waals surface area contributed by atoms with Crippen molar-refractivity contribution in [2.75, 3.05) is 32.9 Å². The molecule has 0 saturated carbocycles. The molecule has 1 aromatic rings. The number of carbonyl (C=O) groups is 1. The number of benzene rings is 1. The molecule has 0 bridgehead atoms. The molecule has 0 aliphatic carbocycles. The first-order chi connectivity index (χ1) is 12.6. The number of aliphatic imine (C=N–C) groups is 1. The number of hydrogen-bond donors (Lipinski definition) is 2. The van der Waals surface area contributed by atoms with Crippen LogP contribution in [0.25, 0.3) is 0 Å². The molecule has 0 unspecified atom stereocenters. The number of esters is 1. The van der Waals surface area contributed by atoms with Crippen molar-refractivity contribution in [3.05, 3.63) is 35.4 Å². The Morgan fingerprint density at radius 1 is 1.15 bits per heavy atom. The number of hydrogen-bond acceptors (Lipinski definition) is 4. The third-order valence-corrected chi connectivity index (χ3v) is 3.44.